The normalized spacial score (nSPS) is 11.6. The topological polar surface area (TPSA) is 0 Å². The van der Waals surface area contributed by atoms with E-state index in [9.17, 15) is 0 Å². The van der Waals surface area contributed by atoms with Gasteiger partial charge in [0.15, 0.2) is 0 Å². The second kappa shape index (κ2) is 38.7. The number of hydrogen-bond donors (Lipinski definition) is 0. The Labute approximate surface area is 386 Å². The van der Waals surface area contributed by atoms with Crippen molar-refractivity contribution in [2.24, 2.45) is 0 Å². The molecule has 0 atom stereocenters. The molecule has 0 fully saturated rings. The molecule has 0 radical (unpaired) electrons. The zero-order chi connectivity index (χ0) is 43.1. The molecule has 3 aromatic carbocycles. The van der Waals surface area contributed by atoms with Crippen molar-refractivity contribution in [2.45, 2.75) is 271 Å². The molecule has 0 spiro atoms. The van der Waals surface area contributed by atoms with Crippen LogP contribution in [0.5, 0.6) is 0 Å². The average molecular weight is 895 g/mol. The molecule has 0 unspecified atom stereocenters. The van der Waals surface area contributed by atoms with E-state index in [1.807, 2.05) is 0 Å². The van der Waals surface area contributed by atoms with E-state index < -0.39 is 14.7 Å². The number of hydrogen-bond acceptors (Lipinski definition) is 0. The third-order valence-electron chi connectivity index (χ3n) is 13.5. The maximum absolute atomic E-state index is 2.51. The minimum absolute atomic E-state index is 1.23. The summed E-state index contributed by atoms with van der Waals surface area (Å²) in [5.74, 6) is 0. The van der Waals surface area contributed by atoms with Gasteiger partial charge in [0.25, 0.3) is 0 Å². The number of aryl methyl sites for hydroxylation is 3. The first-order valence-electron chi connectivity index (χ1n) is 27.3. The standard InChI is InChI=1S/C60H99As/c1-4-7-10-13-16-19-22-25-28-31-34-37-40-55-43-49-58(50-44-55)61(59-51-45-56(46-52-59)41-38-35-32-29-26-23-20-17-14-11-8-5-2)60-53-47-57(48-54-60)42-39-36-33-30-27-24-21-18-15-12-9-6-3/h43-54H,4-42H2,1-3H3. The van der Waals surface area contributed by atoms with Crippen LogP contribution < -0.4 is 13.1 Å². The molecule has 0 N–H and O–H groups in total. The van der Waals surface area contributed by atoms with E-state index in [-0.39, 0.29) is 0 Å². The molecule has 0 saturated carbocycles. The van der Waals surface area contributed by atoms with Crippen molar-refractivity contribution in [3.63, 3.8) is 0 Å². The van der Waals surface area contributed by atoms with Crippen molar-refractivity contribution < 1.29 is 0 Å². The van der Waals surface area contributed by atoms with E-state index >= 15 is 0 Å². The Hall–Kier alpha value is -1.78. The first-order valence-corrected chi connectivity index (χ1v) is 30.1. The van der Waals surface area contributed by atoms with Crippen LogP contribution in [0, 0.1) is 0 Å². The van der Waals surface area contributed by atoms with Gasteiger partial charge in [-0.25, -0.2) is 0 Å². The molecule has 1 heteroatoms. The predicted molar refractivity (Wildman–Crippen MR) is 278 cm³/mol. The third kappa shape index (κ3) is 27.2. The van der Waals surface area contributed by atoms with Crippen LogP contribution in [0.15, 0.2) is 72.8 Å². The van der Waals surface area contributed by atoms with E-state index in [2.05, 4.69) is 93.6 Å². The second-order valence-corrected chi connectivity index (χ2v) is 23.9. The summed E-state index contributed by atoms with van der Waals surface area (Å²) in [6.07, 6.45) is 54.8. The van der Waals surface area contributed by atoms with Gasteiger partial charge < -0.3 is 0 Å². The molecule has 0 nitrogen and oxygen atoms in total. The quantitative estimate of drug-likeness (QED) is 0.0393. The molecule has 0 heterocycles. The van der Waals surface area contributed by atoms with Crippen LogP contribution in [0.25, 0.3) is 0 Å². The molecule has 3 rings (SSSR count). The Morgan fingerprint density at radius 1 is 0.213 bits per heavy atom. The molecule has 0 aliphatic heterocycles. The van der Waals surface area contributed by atoms with Crippen LogP contribution in [0.2, 0.25) is 0 Å². The summed E-state index contributed by atoms with van der Waals surface area (Å²) in [6.45, 7) is 6.94. The van der Waals surface area contributed by atoms with Gasteiger partial charge in [-0.1, -0.05) is 117 Å². The average Bonchev–Trinajstić information content (AvgIpc) is 3.29. The fourth-order valence-corrected chi connectivity index (χ4v) is 14.1. The van der Waals surface area contributed by atoms with Crippen LogP contribution in [-0.2, 0) is 19.3 Å². The van der Waals surface area contributed by atoms with Crippen molar-refractivity contribution in [3.05, 3.63) is 89.5 Å². The first kappa shape index (κ1) is 53.6. The number of unbranched alkanes of at least 4 members (excludes halogenated alkanes) is 33. The van der Waals surface area contributed by atoms with Gasteiger partial charge in [0.1, 0.15) is 0 Å². The van der Waals surface area contributed by atoms with Crippen molar-refractivity contribution in [1.29, 1.82) is 0 Å². The Morgan fingerprint density at radius 3 is 0.557 bits per heavy atom. The summed E-state index contributed by atoms with van der Waals surface area (Å²) in [7, 11) is 0. The predicted octanol–water partition coefficient (Wildman–Crippen LogP) is 17.9. The van der Waals surface area contributed by atoms with Crippen molar-refractivity contribution >= 4 is 27.7 Å². The van der Waals surface area contributed by atoms with E-state index in [0.717, 1.165) is 0 Å². The summed E-state index contributed by atoms with van der Waals surface area (Å²) in [4.78, 5) is 0. The van der Waals surface area contributed by atoms with Crippen LogP contribution in [-0.4, -0.2) is 14.7 Å². The second-order valence-electron chi connectivity index (χ2n) is 19.3. The molecule has 0 saturated heterocycles. The number of benzene rings is 3. The molecule has 0 amide bonds. The Morgan fingerprint density at radius 2 is 0.377 bits per heavy atom. The first-order chi connectivity index (χ1) is 30.2. The molecular formula is C60H99As. The van der Waals surface area contributed by atoms with E-state index in [4.69, 9.17) is 0 Å². The van der Waals surface area contributed by atoms with E-state index in [1.165, 1.54) is 267 Å². The van der Waals surface area contributed by atoms with Gasteiger partial charge in [-0.3, -0.25) is 0 Å². The molecule has 0 aliphatic carbocycles. The Bertz CT molecular complexity index is 1180. The monoisotopic (exact) mass is 895 g/mol. The van der Waals surface area contributed by atoms with Crippen LogP contribution >= 0.6 is 0 Å². The van der Waals surface area contributed by atoms with Gasteiger partial charge in [0.05, 0.1) is 0 Å². The molecule has 0 aromatic heterocycles. The van der Waals surface area contributed by atoms with Crippen LogP contribution in [0.4, 0.5) is 0 Å². The van der Waals surface area contributed by atoms with Gasteiger partial charge >= 0.3 is 271 Å². The molecular weight excluding hydrogens is 796 g/mol. The van der Waals surface area contributed by atoms with E-state index in [0.29, 0.717) is 0 Å². The van der Waals surface area contributed by atoms with E-state index in [1.54, 1.807) is 13.1 Å². The van der Waals surface area contributed by atoms with Gasteiger partial charge in [0.2, 0.25) is 0 Å². The summed E-state index contributed by atoms with van der Waals surface area (Å²) < 4.78 is 4.73. The molecule has 0 bridgehead atoms. The molecule has 344 valence electrons. The number of rotatable bonds is 42. The fourth-order valence-electron chi connectivity index (χ4n) is 9.39. The molecule has 61 heavy (non-hydrogen) atoms. The van der Waals surface area contributed by atoms with Gasteiger partial charge in [0, 0.05) is 0 Å². The summed E-state index contributed by atoms with van der Waals surface area (Å²) >= 11 is -1.65. The zero-order valence-electron chi connectivity index (χ0n) is 41.0. The Kier molecular flexibility index (Phi) is 33.9. The Balaban J connectivity index is 1.46. The van der Waals surface area contributed by atoms with Gasteiger partial charge in [-0.2, -0.15) is 0 Å². The van der Waals surface area contributed by atoms with Crippen LogP contribution in [0.1, 0.15) is 269 Å². The maximum atomic E-state index is 2.51. The minimum atomic E-state index is -1.65. The third-order valence-corrected chi connectivity index (χ3v) is 18.7. The molecule has 3 aromatic rings. The van der Waals surface area contributed by atoms with Gasteiger partial charge in [-0.15, -0.1) is 0 Å². The summed E-state index contributed by atoms with van der Waals surface area (Å²) in [6, 6.07) is 29.9. The summed E-state index contributed by atoms with van der Waals surface area (Å²) in [5.41, 5.74) is 4.58. The van der Waals surface area contributed by atoms with Gasteiger partial charge in [-0.05, 0) is 0 Å². The zero-order valence-corrected chi connectivity index (χ0v) is 42.8. The van der Waals surface area contributed by atoms with Crippen molar-refractivity contribution in [1.82, 2.24) is 0 Å². The van der Waals surface area contributed by atoms with Crippen LogP contribution in [0.3, 0.4) is 0 Å². The summed E-state index contributed by atoms with van der Waals surface area (Å²) in [5, 5.41) is 0. The van der Waals surface area contributed by atoms with Crippen molar-refractivity contribution in [2.75, 3.05) is 0 Å². The molecule has 0 aliphatic rings. The SMILES string of the molecule is CCCCCCCCCCCCCCc1ccc([As](c2ccc(CCCCCCCCCCCCCC)cc2)c2ccc(CCCCCCCCCCCCCC)cc2)cc1. The van der Waals surface area contributed by atoms with Crippen molar-refractivity contribution in [3.8, 4) is 0 Å². The fraction of sp³-hybridized carbons (Fsp3) is 0.700.